The highest BCUT2D eigenvalue weighted by molar-refractivity contribution is 5.82. The van der Waals surface area contributed by atoms with Gasteiger partial charge >= 0.3 is 12.1 Å². The van der Waals surface area contributed by atoms with Gasteiger partial charge in [0.25, 0.3) is 6.43 Å². The van der Waals surface area contributed by atoms with Crippen molar-refractivity contribution in [3.63, 3.8) is 0 Å². The molecular formula is C11H17F2NO4. The fraction of sp³-hybridized carbons (Fsp3) is 0.818. The zero-order valence-electron chi connectivity index (χ0n) is 10.8. The summed E-state index contributed by atoms with van der Waals surface area (Å²) in [5.74, 6) is -1.00. The number of esters is 1. The third-order valence-electron chi connectivity index (χ3n) is 2.61. The molecule has 0 atom stereocenters. The van der Waals surface area contributed by atoms with E-state index < -0.39 is 29.5 Å². The maximum atomic E-state index is 12.9. The van der Waals surface area contributed by atoms with Crippen LogP contribution in [0.3, 0.4) is 0 Å². The van der Waals surface area contributed by atoms with E-state index in [0.29, 0.717) is 0 Å². The first kappa shape index (κ1) is 14.7. The van der Waals surface area contributed by atoms with Gasteiger partial charge in [-0.3, -0.25) is 4.79 Å². The molecule has 5 nitrogen and oxygen atoms in total. The number of likely N-dealkylation sites (tertiary alicyclic amines) is 1. The van der Waals surface area contributed by atoms with Crippen molar-refractivity contribution in [3.8, 4) is 0 Å². The van der Waals surface area contributed by atoms with Crippen LogP contribution in [0.5, 0.6) is 0 Å². The van der Waals surface area contributed by atoms with Gasteiger partial charge in [-0.2, -0.15) is 0 Å². The van der Waals surface area contributed by atoms with Gasteiger partial charge in [0.1, 0.15) is 5.60 Å². The Bertz CT molecular complexity index is 345. The minimum Gasteiger partial charge on any atom is -0.468 e. The van der Waals surface area contributed by atoms with Crippen molar-refractivity contribution < 1.29 is 27.8 Å². The van der Waals surface area contributed by atoms with Gasteiger partial charge in [0.2, 0.25) is 0 Å². The molecule has 0 spiro atoms. The summed E-state index contributed by atoms with van der Waals surface area (Å²) in [5, 5.41) is 0. The molecule has 0 aromatic rings. The lowest BCUT2D eigenvalue weighted by Crippen LogP contribution is -2.66. The highest BCUT2D eigenvalue weighted by atomic mass is 19.3. The third-order valence-corrected chi connectivity index (χ3v) is 2.61. The van der Waals surface area contributed by atoms with Crippen LogP contribution in [0, 0.1) is 5.41 Å². The number of hydrogen-bond donors (Lipinski definition) is 0. The Labute approximate surface area is 104 Å². The van der Waals surface area contributed by atoms with Gasteiger partial charge < -0.3 is 14.4 Å². The standard InChI is InChI=1S/C11H17F2NO4/c1-10(2,3)18-9(16)14-5-11(6-14,7(12)13)8(15)17-4/h7H,5-6H2,1-4H3. The quantitative estimate of drug-likeness (QED) is 0.712. The Kier molecular flexibility index (Phi) is 3.83. The number of amides is 1. The molecule has 1 heterocycles. The largest absolute Gasteiger partial charge is 0.468 e. The molecule has 0 aromatic carbocycles. The molecule has 1 fully saturated rings. The zero-order chi connectivity index (χ0) is 14.1. The SMILES string of the molecule is COC(=O)C1(C(F)F)CN(C(=O)OC(C)(C)C)C1. The average Bonchev–Trinajstić information content (AvgIpc) is 2.11. The van der Waals surface area contributed by atoms with E-state index in [9.17, 15) is 18.4 Å². The Morgan fingerprint density at radius 1 is 1.28 bits per heavy atom. The Balaban J connectivity index is 2.65. The molecule has 0 N–H and O–H groups in total. The van der Waals surface area contributed by atoms with E-state index >= 15 is 0 Å². The minimum absolute atomic E-state index is 0.383. The molecule has 104 valence electrons. The van der Waals surface area contributed by atoms with Crippen LogP contribution < -0.4 is 0 Å². The molecule has 1 aliphatic rings. The second-order valence-corrected chi connectivity index (χ2v) is 5.28. The van der Waals surface area contributed by atoms with Crippen molar-refractivity contribution >= 4 is 12.1 Å². The molecule has 0 radical (unpaired) electrons. The van der Waals surface area contributed by atoms with Crippen molar-refractivity contribution in [2.24, 2.45) is 5.41 Å². The maximum Gasteiger partial charge on any atom is 0.410 e. The molecule has 0 saturated carbocycles. The summed E-state index contributed by atoms with van der Waals surface area (Å²) < 4.78 is 35.1. The summed E-state index contributed by atoms with van der Waals surface area (Å²) in [7, 11) is 1.04. The first-order valence-corrected chi connectivity index (χ1v) is 5.47. The van der Waals surface area contributed by atoms with Crippen LogP contribution in [0.25, 0.3) is 0 Å². The van der Waals surface area contributed by atoms with Gasteiger partial charge in [-0.15, -0.1) is 0 Å². The summed E-state index contributed by atoms with van der Waals surface area (Å²) in [6.45, 7) is 4.25. The topological polar surface area (TPSA) is 55.8 Å². The molecule has 1 rings (SSSR count). The number of carbonyl (C=O) groups excluding carboxylic acids is 2. The number of nitrogens with zero attached hydrogens (tertiary/aromatic N) is 1. The number of methoxy groups -OCH3 is 1. The van der Waals surface area contributed by atoms with Crippen molar-refractivity contribution in [3.05, 3.63) is 0 Å². The highest BCUT2D eigenvalue weighted by Crippen LogP contribution is 2.38. The van der Waals surface area contributed by atoms with Crippen LogP contribution in [-0.2, 0) is 14.3 Å². The van der Waals surface area contributed by atoms with Crippen LogP contribution in [0.15, 0.2) is 0 Å². The molecule has 7 heteroatoms. The summed E-state index contributed by atoms with van der Waals surface area (Å²) >= 11 is 0. The number of hydrogen-bond acceptors (Lipinski definition) is 4. The third kappa shape index (κ3) is 2.70. The maximum absolute atomic E-state index is 12.9. The summed E-state index contributed by atoms with van der Waals surface area (Å²) in [5.41, 5.74) is -2.61. The van der Waals surface area contributed by atoms with Crippen LogP contribution in [0.1, 0.15) is 20.8 Å². The Morgan fingerprint density at radius 3 is 2.11 bits per heavy atom. The van der Waals surface area contributed by atoms with Gasteiger partial charge in [-0.25, -0.2) is 13.6 Å². The minimum atomic E-state index is -2.87. The first-order valence-electron chi connectivity index (χ1n) is 5.47. The van der Waals surface area contributed by atoms with Crippen LogP contribution >= 0.6 is 0 Å². The normalized spacial score (nSPS) is 18.3. The van der Waals surface area contributed by atoms with Gasteiger partial charge in [0.05, 0.1) is 7.11 Å². The van der Waals surface area contributed by atoms with Crippen LogP contribution in [-0.4, -0.2) is 49.2 Å². The molecule has 0 aliphatic carbocycles. The number of ether oxygens (including phenoxy) is 2. The molecule has 0 bridgehead atoms. The first-order chi connectivity index (χ1) is 8.12. The fourth-order valence-corrected chi connectivity index (χ4v) is 1.65. The van der Waals surface area contributed by atoms with Crippen LogP contribution in [0.4, 0.5) is 13.6 Å². The molecule has 0 aromatic heterocycles. The van der Waals surface area contributed by atoms with Gasteiger partial charge in [0, 0.05) is 13.1 Å². The average molecular weight is 265 g/mol. The summed E-state index contributed by atoms with van der Waals surface area (Å²) in [4.78, 5) is 24.0. The van der Waals surface area contributed by atoms with E-state index in [2.05, 4.69) is 4.74 Å². The van der Waals surface area contributed by atoms with E-state index in [0.717, 1.165) is 12.0 Å². The molecule has 1 aliphatic heterocycles. The summed E-state index contributed by atoms with van der Waals surface area (Å²) in [6, 6.07) is 0. The lowest BCUT2D eigenvalue weighted by atomic mass is 9.80. The van der Waals surface area contributed by atoms with Gasteiger partial charge in [-0.05, 0) is 20.8 Å². The van der Waals surface area contributed by atoms with E-state index in [1.807, 2.05) is 0 Å². The Hall–Kier alpha value is -1.40. The molecule has 1 saturated heterocycles. The predicted octanol–water partition coefficient (Wildman–Crippen LogP) is 1.66. The van der Waals surface area contributed by atoms with Crippen molar-refractivity contribution in [1.29, 1.82) is 0 Å². The molecule has 1 amide bonds. The van der Waals surface area contributed by atoms with E-state index in [-0.39, 0.29) is 13.1 Å². The smallest absolute Gasteiger partial charge is 0.410 e. The Morgan fingerprint density at radius 2 is 1.78 bits per heavy atom. The number of rotatable bonds is 2. The monoisotopic (exact) mass is 265 g/mol. The van der Waals surface area contributed by atoms with Crippen molar-refractivity contribution in [1.82, 2.24) is 4.90 Å². The van der Waals surface area contributed by atoms with Crippen molar-refractivity contribution in [2.45, 2.75) is 32.8 Å². The van der Waals surface area contributed by atoms with E-state index in [1.54, 1.807) is 20.8 Å². The van der Waals surface area contributed by atoms with Gasteiger partial charge in [0.15, 0.2) is 5.41 Å². The van der Waals surface area contributed by atoms with Crippen LogP contribution in [0.2, 0.25) is 0 Å². The zero-order valence-corrected chi connectivity index (χ0v) is 10.8. The second kappa shape index (κ2) is 4.70. The van der Waals surface area contributed by atoms with Crippen molar-refractivity contribution in [2.75, 3.05) is 20.2 Å². The number of alkyl halides is 2. The lowest BCUT2D eigenvalue weighted by molar-refractivity contribution is -0.181. The highest BCUT2D eigenvalue weighted by Gasteiger charge is 2.59. The van der Waals surface area contributed by atoms with E-state index in [4.69, 9.17) is 4.74 Å². The lowest BCUT2D eigenvalue weighted by Gasteiger charge is -2.46. The second-order valence-electron chi connectivity index (χ2n) is 5.28. The van der Waals surface area contributed by atoms with E-state index in [1.165, 1.54) is 0 Å². The molecule has 18 heavy (non-hydrogen) atoms. The fourth-order valence-electron chi connectivity index (χ4n) is 1.65. The predicted molar refractivity (Wildman–Crippen MR) is 58.3 cm³/mol. The van der Waals surface area contributed by atoms with Gasteiger partial charge in [-0.1, -0.05) is 0 Å². The number of halogens is 2. The molecule has 0 unspecified atom stereocenters. The number of carbonyl (C=O) groups is 2. The summed E-state index contributed by atoms with van der Waals surface area (Å²) in [6.07, 6.45) is -3.58. The molecular weight excluding hydrogens is 248 g/mol.